The number of Topliss-reactive ketones (excluding diaryl/α,β-unsaturated/α-hetero) is 1. The number of ether oxygens (including phenoxy) is 2. The zero-order valence-electron chi connectivity index (χ0n) is 9.46. The van der Waals surface area contributed by atoms with Crippen molar-refractivity contribution < 1.29 is 14.3 Å². The Morgan fingerprint density at radius 1 is 1.19 bits per heavy atom. The maximum absolute atomic E-state index is 11.5. The van der Waals surface area contributed by atoms with E-state index in [1.807, 2.05) is 13.8 Å². The molecule has 0 aromatic heterocycles. The third kappa shape index (κ3) is 3.23. The summed E-state index contributed by atoms with van der Waals surface area (Å²) < 4.78 is 10.8. The molecule has 0 saturated heterocycles. The first kappa shape index (κ1) is 13.0. The van der Waals surface area contributed by atoms with E-state index < -0.39 is 0 Å². The lowest BCUT2D eigenvalue weighted by Gasteiger charge is -2.11. The van der Waals surface area contributed by atoms with Crippen LogP contribution in [-0.4, -0.2) is 24.3 Å². The van der Waals surface area contributed by atoms with Gasteiger partial charge in [0.25, 0.3) is 0 Å². The Balaban J connectivity index is 3.01. The largest absolute Gasteiger partial charge is 0.490 e. The predicted molar refractivity (Wildman–Crippen MR) is 66.9 cm³/mol. The first-order valence-corrected chi connectivity index (χ1v) is 6.33. The molecule has 0 aliphatic rings. The summed E-state index contributed by atoms with van der Waals surface area (Å²) in [6, 6.07) is 5.24. The molecule has 0 aliphatic carbocycles. The van der Waals surface area contributed by atoms with Crippen LogP contribution in [-0.2, 0) is 0 Å². The first-order chi connectivity index (χ1) is 7.72. The van der Waals surface area contributed by atoms with Gasteiger partial charge in [0.1, 0.15) is 0 Å². The Bertz CT molecular complexity index is 363. The van der Waals surface area contributed by atoms with Gasteiger partial charge >= 0.3 is 0 Å². The standard InChI is InChI=1S/C12H15BrO3/c1-3-15-11-6-5-9(10(14)8-13)7-12(11)16-4-2/h5-7H,3-4,8H2,1-2H3. The average Bonchev–Trinajstić information content (AvgIpc) is 2.31. The molecule has 1 aromatic carbocycles. The average molecular weight is 287 g/mol. The number of halogens is 1. The molecule has 0 amide bonds. The van der Waals surface area contributed by atoms with Crippen LogP contribution in [0.3, 0.4) is 0 Å². The molecule has 16 heavy (non-hydrogen) atoms. The molecule has 0 N–H and O–H groups in total. The molecule has 3 nitrogen and oxygen atoms in total. The number of ketones is 1. The molecule has 0 saturated carbocycles. The monoisotopic (exact) mass is 286 g/mol. The van der Waals surface area contributed by atoms with Crippen molar-refractivity contribution in [2.75, 3.05) is 18.5 Å². The Kier molecular flexibility index (Phi) is 5.32. The van der Waals surface area contributed by atoms with Crippen LogP contribution in [0.4, 0.5) is 0 Å². The Morgan fingerprint density at radius 2 is 1.81 bits per heavy atom. The molecular weight excluding hydrogens is 272 g/mol. The second-order valence-electron chi connectivity index (χ2n) is 3.08. The quantitative estimate of drug-likeness (QED) is 0.596. The molecule has 0 radical (unpaired) electrons. The minimum atomic E-state index is 0.0315. The van der Waals surface area contributed by atoms with Crippen LogP contribution in [0.15, 0.2) is 18.2 Å². The summed E-state index contributed by atoms with van der Waals surface area (Å²) in [7, 11) is 0. The summed E-state index contributed by atoms with van der Waals surface area (Å²) in [5.74, 6) is 1.33. The molecule has 1 aromatic rings. The van der Waals surface area contributed by atoms with E-state index in [-0.39, 0.29) is 5.78 Å². The summed E-state index contributed by atoms with van der Waals surface area (Å²) in [5.41, 5.74) is 0.628. The molecule has 1 rings (SSSR count). The maximum atomic E-state index is 11.5. The topological polar surface area (TPSA) is 35.5 Å². The molecule has 0 heterocycles. The van der Waals surface area contributed by atoms with Crippen LogP contribution < -0.4 is 9.47 Å². The fraction of sp³-hybridized carbons (Fsp3) is 0.417. The molecule has 88 valence electrons. The lowest BCUT2D eigenvalue weighted by molar-refractivity contribution is 0.102. The third-order valence-corrected chi connectivity index (χ3v) is 2.50. The fourth-order valence-corrected chi connectivity index (χ4v) is 1.63. The highest BCUT2D eigenvalue weighted by atomic mass is 79.9. The summed E-state index contributed by atoms with van der Waals surface area (Å²) in [4.78, 5) is 11.5. The van der Waals surface area contributed by atoms with Crippen LogP contribution in [0.5, 0.6) is 11.5 Å². The second kappa shape index (κ2) is 6.53. The van der Waals surface area contributed by atoms with E-state index in [2.05, 4.69) is 15.9 Å². The molecular formula is C12H15BrO3. The Labute approximate surface area is 104 Å². The van der Waals surface area contributed by atoms with Crippen LogP contribution >= 0.6 is 15.9 Å². The van der Waals surface area contributed by atoms with Gasteiger partial charge in [-0.05, 0) is 32.0 Å². The number of hydrogen-bond acceptors (Lipinski definition) is 3. The molecule has 0 unspecified atom stereocenters. The van der Waals surface area contributed by atoms with Gasteiger partial charge in [0.05, 0.1) is 18.5 Å². The van der Waals surface area contributed by atoms with Gasteiger partial charge in [-0.15, -0.1) is 0 Å². The third-order valence-electron chi connectivity index (χ3n) is 1.99. The van der Waals surface area contributed by atoms with Gasteiger partial charge in [-0.1, -0.05) is 15.9 Å². The van der Waals surface area contributed by atoms with Crippen LogP contribution in [0, 0.1) is 0 Å². The van der Waals surface area contributed by atoms with E-state index in [4.69, 9.17) is 9.47 Å². The van der Waals surface area contributed by atoms with Gasteiger partial charge in [0.15, 0.2) is 17.3 Å². The van der Waals surface area contributed by atoms with Crippen molar-refractivity contribution in [1.82, 2.24) is 0 Å². The van der Waals surface area contributed by atoms with E-state index in [0.717, 1.165) is 0 Å². The van der Waals surface area contributed by atoms with Crippen molar-refractivity contribution in [2.45, 2.75) is 13.8 Å². The molecule has 0 fully saturated rings. The van der Waals surface area contributed by atoms with Crippen LogP contribution in [0.2, 0.25) is 0 Å². The number of rotatable bonds is 6. The minimum absolute atomic E-state index is 0.0315. The van der Waals surface area contributed by atoms with Crippen molar-refractivity contribution in [3.8, 4) is 11.5 Å². The number of carbonyl (C=O) groups excluding carboxylic acids is 1. The van der Waals surface area contributed by atoms with E-state index >= 15 is 0 Å². The first-order valence-electron chi connectivity index (χ1n) is 5.21. The lowest BCUT2D eigenvalue weighted by Crippen LogP contribution is -2.03. The summed E-state index contributed by atoms with van der Waals surface area (Å²) in [5, 5.41) is 0.312. The molecule has 4 heteroatoms. The maximum Gasteiger partial charge on any atom is 0.173 e. The van der Waals surface area contributed by atoms with Gasteiger partial charge in [0.2, 0.25) is 0 Å². The van der Waals surface area contributed by atoms with Crippen molar-refractivity contribution in [3.05, 3.63) is 23.8 Å². The highest BCUT2D eigenvalue weighted by Crippen LogP contribution is 2.28. The Morgan fingerprint density at radius 3 is 2.38 bits per heavy atom. The van der Waals surface area contributed by atoms with Gasteiger partial charge < -0.3 is 9.47 Å². The van der Waals surface area contributed by atoms with Crippen molar-refractivity contribution in [1.29, 1.82) is 0 Å². The minimum Gasteiger partial charge on any atom is -0.490 e. The summed E-state index contributed by atoms with van der Waals surface area (Å²) >= 11 is 3.14. The van der Waals surface area contributed by atoms with Crippen LogP contribution in [0.1, 0.15) is 24.2 Å². The highest BCUT2D eigenvalue weighted by molar-refractivity contribution is 9.09. The van der Waals surface area contributed by atoms with Gasteiger partial charge in [-0.25, -0.2) is 0 Å². The molecule has 0 aliphatic heterocycles. The van der Waals surface area contributed by atoms with Gasteiger partial charge in [-0.2, -0.15) is 0 Å². The number of hydrogen-bond donors (Lipinski definition) is 0. The van der Waals surface area contributed by atoms with E-state index in [0.29, 0.717) is 35.6 Å². The zero-order valence-corrected chi connectivity index (χ0v) is 11.0. The molecule has 0 bridgehead atoms. The van der Waals surface area contributed by atoms with Crippen molar-refractivity contribution >= 4 is 21.7 Å². The number of alkyl halides is 1. The smallest absolute Gasteiger partial charge is 0.173 e. The zero-order chi connectivity index (χ0) is 12.0. The summed E-state index contributed by atoms with van der Waals surface area (Å²) in [6.45, 7) is 4.93. The van der Waals surface area contributed by atoms with Crippen molar-refractivity contribution in [2.24, 2.45) is 0 Å². The number of benzene rings is 1. The van der Waals surface area contributed by atoms with E-state index in [9.17, 15) is 4.79 Å². The normalized spacial score (nSPS) is 9.94. The molecule has 0 atom stereocenters. The molecule has 0 spiro atoms. The van der Waals surface area contributed by atoms with E-state index in [1.165, 1.54) is 0 Å². The van der Waals surface area contributed by atoms with Gasteiger partial charge in [-0.3, -0.25) is 4.79 Å². The van der Waals surface area contributed by atoms with Crippen molar-refractivity contribution in [3.63, 3.8) is 0 Å². The lowest BCUT2D eigenvalue weighted by atomic mass is 10.1. The second-order valence-corrected chi connectivity index (χ2v) is 3.65. The number of carbonyl (C=O) groups is 1. The fourth-order valence-electron chi connectivity index (χ4n) is 1.30. The summed E-state index contributed by atoms with van der Waals surface area (Å²) in [6.07, 6.45) is 0. The highest BCUT2D eigenvalue weighted by Gasteiger charge is 2.10. The Hall–Kier alpha value is -1.03. The van der Waals surface area contributed by atoms with E-state index in [1.54, 1.807) is 18.2 Å². The van der Waals surface area contributed by atoms with Gasteiger partial charge in [0, 0.05) is 5.56 Å². The predicted octanol–water partition coefficient (Wildman–Crippen LogP) is 3.06. The SMILES string of the molecule is CCOc1ccc(C(=O)CBr)cc1OCC. The van der Waals surface area contributed by atoms with Crippen LogP contribution in [0.25, 0.3) is 0 Å².